The number of allylic oxidation sites excluding steroid dienone is 1. The van der Waals surface area contributed by atoms with Gasteiger partial charge in [-0.25, -0.2) is 13.2 Å². The molecular weight excluding hydrogens is 251 g/mol. The van der Waals surface area contributed by atoms with Crippen LogP contribution < -0.4 is 0 Å². The number of hydrogen-bond donors (Lipinski definition) is 0. The number of aliphatic imine (C=N–C) groups is 1. The maximum atomic E-state index is 13.1. The number of benzene rings is 1. The Balaban J connectivity index is 2.01. The molecule has 1 aliphatic heterocycles. The summed E-state index contributed by atoms with van der Waals surface area (Å²) in [5, 5.41) is 0. The van der Waals surface area contributed by atoms with Crippen molar-refractivity contribution in [1.82, 2.24) is 0 Å². The molecule has 1 atom stereocenters. The molecule has 0 spiro atoms. The first kappa shape index (κ1) is 13.8. The molecule has 1 aromatic carbocycles. The van der Waals surface area contributed by atoms with Crippen molar-refractivity contribution in [2.24, 2.45) is 4.99 Å². The SMILES string of the molecule is CC(CCC1=CCCN=C1)c1cc(F)c(F)c(F)c1. The molecule has 102 valence electrons. The van der Waals surface area contributed by atoms with Crippen LogP contribution in [0.4, 0.5) is 13.2 Å². The van der Waals surface area contributed by atoms with Gasteiger partial charge in [0.1, 0.15) is 0 Å². The number of rotatable bonds is 4. The Kier molecular flexibility index (Phi) is 4.40. The molecular formula is C15H16F3N. The number of nitrogens with zero attached hydrogens (tertiary/aromatic N) is 1. The Bertz CT molecular complexity index is 497. The normalized spacial score (nSPS) is 16.3. The first-order valence-corrected chi connectivity index (χ1v) is 6.41. The second-order valence-corrected chi connectivity index (χ2v) is 4.84. The minimum Gasteiger partial charge on any atom is -0.293 e. The predicted octanol–water partition coefficient (Wildman–Crippen LogP) is 4.39. The van der Waals surface area contributed by atoms with Gasteiger partial charge >= 0.3 is 0 Å². The van der Waals surface area contributed by atoms with Gasteiger partial charge in [0.2, 0.25) is 0 Å². The fraction of sp³-hybridized carbons (Fsp3) is 0.400. The van der Waals surface area contributed by atoms with E-state index >= 15 is 0 Å². The molecule has 1 heterocycles. The van der Waals surface area contributed by atoms with Gasteiger partial charge in [-0.3, -0.25) is 4.99 Å². The standard InChI is InChI=1S/C15H16F3N/c1-10(4-5-11-3-2-6-19-9-11)12-7-13(16)15(18)14(17)8-12/h3,7-10H,2,4-6H2,1H3. The molecule has 1 aromatic rings. The smallest absolute Gasteiger partial charge is 0.194 e. The van der Waals surface area contributed by atoms with E-state index in [0.717, 1.165) is 43.5 Å². The average molecular weight is 267 g/mol. The van der Waals surface area contributed by atoms with Gasteiger partial charge in [-0.05, 0) is 48.4 Å². The van der Waals surface area contributed by atoms with Crippen molar-refractivity contribution < 1.29 is 13.2 Å². The van der Waals surface area contributed by atoms with E-state index in [-0.39, 0.29) is 5.92 Å². The van der Waals surface area contributed by atoms with E-state index in [4.69, 9.17) is 0 Å². The molecule has 1 nitrogen and oxygen atoms in total. The van der Waals surface area contributed by atoms with E-state index in [1.54, 1.807) is 0 Å². The fourth-order valence-electron chi connectivity index (χ4n) is 2.14. The summed E-state index contributed by atoms with van der Waals surface area (Å²) in [5.74, 6) is -3.68. The zero-order valence-electron chi connectivity index (χ0n) is 10.8. The van der Waals surface area contributed by atoms with Crippen LogP contribution in [0.3, 0.4) is 0 Å². The predicted molar refractivity (Wildman–Crippen MR) is 70.0 cm³/mol. The highest BCUT2D eigenvalue weighted by Gasteiger charge is 2.14. The Morgan fingerprint density at radius 3 is 2.47 bits per heavy atom. The highest BCUT2D eigenvalue weighted by Crippen LogP contribution is 2.25. The van der Waals surface area contributed by atoms with Crippen LogP contribution >= 0.6 is 0 Å². The third-order valence-corrected chi connectivity index (χ3v) is 3.36. The molecule has 0 aliphatic carbocycles. The zero-order valence-corrected chi connectivity index (χ0v) is 10.8. The summed E-state index contributed by atoms with van der Waals surface area (Å²) >= 11 is 0. The van der Waals surface area contributed by atoms with Crippen molar-refractivity contribution in [3.05, 3.63) is 46.8 Å². The van der Waals surface area contributed by atoms with Crippen molar-refractivity contribution in [3.63, 3.8) is 0 Å². The van der Waals surface area contributed by atoms with E-state index in [0.29, 0.717) is 5.56 Å². The van der Waals surface area contributed by atoms with Crippen molar-refractivity contribution in [3.8, 4) is 0 Å². The minimum absolute atomic E-state index is 0.0270. The van der Waals surface area contributed by atoms with E-state index < -0.39 is 17.5 Å². The van der Waals surface area contributed by atoms with Gasteiger partial charge in [-0.1, -0.05) is 13.0 Å². The van der Waals surface area contributed by atoms with Gasteiger partial charge in [0.15, 0.2) is 17.5 Å². The maximum absolute atomic E-state index is 13.1. The maximum Gasteiger partial charge on any atom is 0.194 e. The molecule has 0 radical (unpaired) electrons. The van der Waals surface area contributed by atoms with Crippen LogP contribution in [0.5, 0.6) is 0 Å². The second kappa shape index (κ2) is 6.04. The lowest BCUT2D eigenvalue weighted by atomic mass is 9.93. The third-order valence-electron chi connectivity index (χ3n) is 3.36. The van der Waals surface area contributed by atoms with Gasteiger partial charge in [0.05, 0.1) is 0 Å². The second-order valence-electron chi connectivity index (χ2n) is 4.84. The van der Waals surface area contributed by atoms with Crippen LogP contribution in [0.2, 0.25) is 0 Å². The van der Waals surface area contributed by atoms with E-state index in [1.165, 1.54) is 0 Å². The highest BCUT2D eigenvalue weighted by molar-refractivity contribution is 5.79. The van der Waals surface area contributed by atoms with Crippen molar-refractivity contribution >= 4 is 6.21 Å². The van der Waals surface area contributed by atoms with Crippen LogP contribution in [0.15, 0.2) is 28.8 Å². The highest BCUT2D eigenvalue weighted by atomic mass is 19.2. The third kappa shape index (κ3) is 3.46. The van der Waals surface area contributed by atoms with Crippen molar-refractivity contribution in [2.45, 2.75) is 32.1 Å². The summed E-state index contributed by atoms with van der Waals surface area (Å²) in [6.45, 7) is 2.71. The first-order chi connectivity index (χ1) is 9.08. The lowest BCUT2D eigenvalue weighted by Crippen LogP contribution is -2.01. The number of hydrogen-bond acceptors (Lipinski definition) is 1. The number of dihydropyridines is 1. The molecule has 0 N–H and O–H groups in total. The molecule has 0 bridgehead atoms. The zero-order chi connectivity index (χ0) is 13.8. The Hall–Kier alpha value is -1.58. The van der Waals surface area contributed by atoms with E-state index in [9.17, 15) is 13.2 Å². The summed E-state index contributed by atoms with van der Waals surface area (Å²) in [6.07, 6.45) is 6.49. The van der Waals surface area contributed by atoms with Crippen molar-refractivity contribution in [1.29, 1.82) is 0 Å². The molecule has 4 heteroatoms. The largest absolute Gasteiger partial charge is 0.293 e. The molecule has 0 aromatic heterocycles. The van der Waals surface area contributed by atoms with Crippen LogP contribution in [0, 0.1) is 17.5 Å². The van der Waals surface area contributed by atoms with Gasteiger partial charge in [0.25, 0.3) is 0 Å². The van der Waals surface area contributed by atoms with Gasteiger partial charge in [0, 0.05) is 12.8 Å². The molecule has 0 fully saturated rings. The van der Waals surface area contributed by atoms with Crippen molar-refractivity contribution in [2.75, 3.05) is 6.54 Å². The first-order valence-electron chi connectivity index (χ1n) is 6.41. The fourth-order valence-corrected chi connectivity index (χ4v) is 2.14. The van der Waals surface area contributed by atoms with E-state index in [2.05, 4.69) is 11.1 Å². The van der Waals surface area contributed by atoms with Gasteiger partial charge in [-0.2, -0.15) is 0 Å². The van der Waals surface area contributed by atoms with Crippen LogP contribution in [-0.2, 0) is 0 Å². The molecule has 19 heavy (non-hydrogen) atoms. The summed E-state index contributed by atoms with van der Waals surface area (Å²) in [6, 6.07) is 2.15. The Morgan fingerprint density at radius 1 is 1.21 bits per heavy atom. The average Bonchev–Trinajstić information content (AvgIpc) is 2.42. The van der Waals surface area contributed by atoms with Gasteiger partial charge in [-0.15, -0.1) is 0 Å². The minimum atomic E-state index is -1.40. The monoisotopic (exact) mass is 267 g/mol. The number of halogens is 3. The summed E-state index contributed by atoms with van der Waals surface area (Å²) in [4.78, 5) is 4.19. The molecule has 1 aliphatic rings. The molecule has 0 saturated heterocycles. The lowest BCUT2D eigenvalue weighted by molar-refractivity contribution is 0.443. The summed E-state index contributed by atoms with van der Waals surface area (Å²) in [7, 11) is 0. The Labute approximate surface area is 110 Å². The van der Waals surface area contributed by atoms with E-state index in [1.807, 2.05) is 13.1 Å². The molecule has 1 unspecified atom stereocenters. The Morgan fingerprint density at radius 2 is 1.89 bits per heavy atom. The van der Waals surface area contributed by atoms with Crippen LogP contribution in [0.1, 0.15) is 37.7 Å². The van der Waals surface area contributed by atoms with Crippen LogP contribution in [-0.4, -0.2) is 12.8 Å². The van der Waals surface area contributed by atoms with Crippen LogP contribution in [0.25, 0.3) is 0 Å². The molecule has 2 rings (SSSR count). The van der Waals surface area contributed by atoms with Gasteiger partial charge < -0.3 is 0 Å². The molecule has 0 saturated carbocycles. The summed E-state index contributed by atoms with van der Waals surface area (Å²) < 4.78 is 39.2. The quantitative estimate of drug-likeness (QED) is 0.717. The molecule has 0 amide bonds. The summed E-state index contributed by atoms with van der Waals surface area (Å²) in [5.41, 5.74) is 1.64. The topological polar surface area (TPSA) is 12.4 Å². The lowest BCUT2D eigenvalue weighted by Gasteiger charge is -2.14.